The van der Waals surface area contributed by atoms with Gasteiger partial charge in [0.1, 0.15) is 0 Å². The van der Waals surface area contributed by atoms with Crippen molar-refractivity contribution in [1.82, 2.24) is 10.9 Å². The van der Waals surface area contributed by atoms with E-state index >= 15 is 0 Å². The molecule has 5 heteroatoms. The van der Waals surface area contributed by atoms with Gasteiger partial charge in [-0.1, -0.05) is 28.1 Å². The van der Waals surface area contributed by atoms with Crippen molar-refractivity contribution < 1.29 is 9.53 Å². The topological polar surface area (TPSA) is 50.4 Å². The first-order chi connectivity index (χ1) is 8.22. The Balaban J connectivity index is 2.17. The molecule has 2 N–H and O–H groups in total. The first-order valence-electron chi connectivity index (χ1n) is 5.63. The summed E-state index contributed by atoms with van der Waals surface area (Å²) in [5, 5.41) is 0. The molecular weight excluding hydrogens is 284 g/mol. The van der Waals surface area contributed by atoms with Crippen LogP contribution in [0.3, 0.4) is 0 Å². The van der Waals surface area contributed by atoms with Gasteiger partial charge in [0.25, 0.3) is 0 Å². The van der Waals surface area contributed by atoms with Crippen LogP contribution in [0.4, 0.5) is 0 Å². The van der Waals surface area contributed by atoms with Crippen LogP contribution in [0.5, 0.6) is 0 Å². The average molecular weight is 299 g/mol. The number of hydrogen-bond acceptors (Lipinski definition) is 4. The Hall–Kier alpha value is -0.910. The first kappa shape index (κ1) is 12.5. The van der Waals surface area contributed by atoms with Crippen LogP contribution in [-0.4, -0.2) is 19.1 Å². The number of rotatable bonds is 3. The molecule has 0 radical (unpaired) electrons. The second kappa shape index (κ2) is 5.62. The minimum atomic E-state index is -0.177. The van der Waals surface area contributed by atoms with Crippen molar-refractivity contribution >= 4 is 21.9 Å². The van der Waals surface area contributed by atoms with Crippen LogP contribution in [0.1, 0.15) is 18.5 Å². The molecule has 2 atom stereocenters. The van der Waals surface area contributed by atoms with Gasteiger partial charge in [0.15, 0.2) is 0 Å². The Morgan fingerprint density at radius 1 is 1.59 bits per heavy atom. The smallest absolute Gasteiger partial charge is 0.312 e. The molecular formula is C12H15BrN2O2. The van der Waals surface area contributed by atoms with Gasteiger partial charge >= 0.3 is 5.97 Å². The Morgan fingerprint density at radius 3 is 3.12 bits per heavy atom. The lowest BCUT2D eigenvalue weighted by atomic mass is 9.95. The second-order valence-corrected chi connectivity index (χ2v) is 4.83. The molecule has 4 nitrogen and oxygen atoms in total. The van der Waals surface area contributed by atoms with E-state index in [1.807, 2.05) is 31.2 Å². The number of ether oxygens (including phenoxy) is 1. The van der Waals surface area contributed by atoms with E-state index in [1.54, 1.807) is 0 Å². The van der Waals surface area contributed by atoms with Gasteiger partial charge in [0.05, 0.1) is 18.6 Å². The minimum absolute atomic E-state index is 0.0356. The molecule has 1 saturated heterocycles. The van der Waals surface area contributed by atoms with Crippen molar-refractivity contribution in [2.45, 2.75) is 13.0 Å². The fraction of sp³-hybridized carbons (Fsp3) is 0.417. The maximum Gasteiger partial charge on any atom is 0.312 e. The van der Waals surface area contributed by atoms with Gasteiger partial charge in [-0.05, 0) is 24.6 Å². The van der Waals surface area contributed by atoms with E-state index in [9.17, 15) is 4.79 Å². The third-order valence-corrected chi connectivity index (χ3v) is 3.27. The molecule has 1 aromatic rings. The van der Waals surface area contributed by atoms with E-state index in [4.69, 9.17) is 4.74 Å². The predicted molar refractivity (Wildman–Crippen MR) is 68.1 cm³/mol. The highest BCUT2D eigenvalue weighted by atomic mass is 79.9. The van der Waals surface area contributed by atoms with Crippen LogP contribution in [-0.2, 0) is 9.53 Å². The maximum absolute atomic E-state index is 11.8. The fourth-order valence-electron chi connectivity index (χ4n) is 1.98. The standard InChI is InChI=1S/C12H15BrN2O2/c1-2-17-12(16)10-7-14-15-11(10)8-4-3-5-9(13)6-8/h3-6,10-11,14-15H,2,7H2,1H3. The summed E-state index contributed by atoms with van der Waals surface area (Å²) in [7, 11) is 0. The number of nitrogens with one attached hydrogen (secondary N) is 2. The zero-order valence-corrected chi connectivity index (χ0v) is 11.2. The SMILES string of the molecule is CCOC(=O)C1CNNC1c1cccc(Br)c1. The second-order valence-electron chi connectivity index (χ2n) is 3.92. The summed E-state index contributed by atoms with van der Waals surface area (Å²) in [6.45, 7) is 2.83. The van der Waals surface area contributed by atoms with Crippen LogP contribution in [0.2, 0.25) is 0 Å². The average Bonchev–Trinajstić information content (AvgIpc) is 2.78. The molecule has 92 valence electrons. The van der Waals surface area contributed by atoms with Crippen LogP contribution < -0.4 is 10.9 Å². The molecule has 0 saturated carbocycles. The van der Waals surface area contributed by atoms with Gasteiger partial charge in [0.2, 0.25) is 0 Å². The number of benzene rings is 1. The molecule has 0 aliphatic carbocycles. The lowest BCUT2D eigenvalue weighted by Gasteiger charge is -2.17. The monoisotopic (exact) mass is 298 g/mol. The Morgan fingerprint density at radius 2 is 2.41 bits per heavy atom. The summed E-state index contributed by atoms with van der Waals surface area (Å²) in [5.74, 6) is -0.334. The molecule has 0 amide bonds. The highest BCUT2D eigenvalue weighted by Crippen LogP contribution is 2.27. The summed E-state index contributed by atoms with van der Waals surface area (Å²) < 4.78 is 6.08. The molecule has 17 heavy (non-hydrogen) atoms. The van der Waals surface area contributed by atoms with Gasteiger partial charge in [0, 0.05) is 11.0 Å². The Bertz CT molecular complexity index is 411. The lowest BCUT2D eigenvalue weighted by Crippen LogP contribution is -2.27. The molecule has 1 aromatic carbocycles. The fourth-order valence-corrected chi connectivity index (χ4v) is 2.40. The number of carbonyl (C=O) groups excluding carboxylic acids is 1. The maximum atomic E-state index is 11.8. The molecule has 2 unspecified atom stereocenters. The van der Waals surface area contributed by atoms with Crippen LogP contribution in [0.25, 0.3) is 0 Å². The van der Waals surface area contributed by atoms with Gasteiger partial charge in [-0.2, -0.15) is 0 Å². The van der Waals surface area contributed by atoms with Crippen molar-refractivity contribution in [1.29, 1.82) is 0 Å². The van der Waals surface area contributed by atoms with Crippen molar-refractivity contribution in [2.75, 3.05) is 13.2 Å². The van der Waals surface area contributed by atoms with E-state index in [0.717, 1.165) is 10.0 Å². The lowest BCUT2D eigenvalue weighted by molar-refractivity contribution is -0.147. The highest BCUT2D eigenvalue weighted by molar-refractivity contribution is 9.10. The molecule has 0 aromatic heterocycles. The first-order valence-corrected chi connectivity index (χ1v) is 6.42. The zero-order chi connectivity index (χ0) is 12.3. The van der Waals surface area contributed by atoms with Crippen LogP contribution in [0, 0.1) is 5.92 Å². The molecule has 0 bridgehead atoms. The number of hydrazine groups is 1. The van der Waals surface area contributed by atoms with Gasteiger partial charge in [-0.15, -0.1) is 0 Å². The van der Waals surface area contributed by atoms with E-state index in [0.29, 0.717) is 13.2 Å². The molecule has 1 aliphatic rings. The quantitative estimate of drug-likeness (QED) is 0.835. The number of esters is 1. The van der Waals surface area contributed by atoms with E-state index < -0.39 is 0 Å². The van der Waals surface area contributed by atoms with Crippen molar-refractivity contribution in [3.63, 3.8) is 0 Å². The highest BCUT2D eigenvalue weighted by Gasteiger charge is 2.34. The summed E-state index contributed by atoms with van der Waals surface area (Å²) >= 11 is 3.43. The molecule has 1 fully saturated rings. The van der Waals surface area contributed by atoms with Crippen molar-refractivity contribution in [3.05, 3.63) is 34.3 Å². The van der Waals surface area contributed by atoms with E-state index in [1.165, 1.54) is 0 Å². The summed E-state index contributed by atoms with van der Waals surface area (Å²) in [6.07, 6.45) is 0. The number of hydrogen-bond donors (Lipinski definition) is 2. The number of halogens is 1. The minimum Gasteiger partial charge on any atom is -0.466 e. The molecule has 1 heterocycles. The van der Waals surface area contributed by atoms with E-state index in [-0.39, 0.29) is 17.9 Å². The largest absolute Gasteiger partial charge is 0.466 e. The van der Waals surface area contributed by atoms with Gasteiger partial charge in [-0.3, -0.25) is 10.2 Å². The molecule has 1 aliphatic heterocycles. The summed E-state index contributed by atoms with van der Waals surface area (Å²) in [6, 6.07) is 7.90. The zero-order valence-electron chi connectivity index (χ0n) is 9.57. The van der Waals surface area contributed by atoms with E-state index in [2.05, 4.69) is 26.8 Å². The predicted octanol–water partition coefficient (Wildman–Crippen LogP) is 1.78. The van der Waals surface area contributed by atoms with Crippen LogP contribution >= 0.6 is 15.9 Å². The normalized spacial score (nSPS) is 23.6. The van der Waals surface area contributed by atoms with Crippen molar-refractivity contribution in [2.24, 2.45) is 5.92 Å². The third kappa shape index (κ3) is 2.86. The Kier molecular flexibility index (Phi) is 4.15. The molecule has 2 rings (SSSR count). The van der Waals surface area contributed by atoms with Gasteiger partial charge < -0.3 is 4.74 Å². The van der Waals surface area contributed by atoms with Gasteiger partial charge in [-0.25, -0.2) is 5.43 Å². The summed E-state index contributed by atoms with van der Waals surface area (Å²) in [4.78, 5) is 11.8. The number of carbonyl (C=O) groups is 1. The summed E-state index contributed by atoms with van der Waals surface area (Å²) in [5.41, 5.74) is 7.20. The third-order valence-electron chi connectivity index (χ3n) is 2.78. The molecule has 0 spiro atoms. The van der Waals surface area contributed by atoms with Crippen LogP contribution in [0.15, 0.2) is 28.7 Å². The Labute approximate surface area is 109 Å². The van der Waals surface area contributed by atoms with Crippen molar-refractivity contribution in [3.8, 4) is 0 Å².